The van der Waals surface area contributed by atoms with Gasteiger partial charge in [-0.15, -0.1) is 11.8 Å². The first kappa shape index (κ1) is 16.0. The highest BCUT2D eigenvalue weighted by atomic mass is 35.5. The van der Waals surface area contributed by atoms with Gasteiger partial charge in [-0.25, -0.2) is 14.4 Å². The monoisotopic (exact) mass is 325 g/mol. The molecule has 2 aromatic rings. The van der Waals surface area contributed by atoms with Gasteiger partial charge in [0.1, 0.15) is 5.82 Å². The largest absolute Gasteiger partial charge is 0.368 e. The van der Waals surface area contributed by atoms with Crippen LogP contribution in [0.1, 0.15) is 24.9 Å². The summed E-state index contributed by atoms with van der Waals surface area (Å²) in [6.07, 6.45) is 0.914. The maximum absolute atomic E-state index is 13.9. The van der Waals surface area contributed by atoms with Crippen LogP contribution in [0.25, 0.3) is 0 Å². The van der Waals surface area contributed by atoms with Gasteiger partial charge in [0.25, 0.3) is 0 Å². The summed E-state index contributed by atoms with van der Waals surface area (Å²) in [5, 5.41) is 3.70. The number of anilines is 1. The van der Waals surface area contributed by atoms with Gasteiger partial charge < -0.3 is 5.32 Å². The summed E-state index contributed by atoms with van der Waals surface area (Å²) in [4.78, 5) is 9.54. The molecule has 0 saturated heterocycles. The van der Waals surface area contributed by atoms with E-state index in [9.17, 15) is 4.39 Å². The summed E-state index contributed by atoms with van der Waals surface area (Å²) in [7, 11) is 0. The summed E-state index contributed by atoms with van der Waals surface area (Å²) in [6, 6.07) is 7.57. The number of aromatic nitrogens is 2. The van der Waals surface area contributed by atoms with Gasteiger partial charge in [-0.2, -0.15) is 0 Å². The number of nitrogens with one attached hydrogen (secondary N) is 1. The molecule has 6 heteroatoms. The first-order valence-electron chi connectivity index (χ1n) is 6.75. The number of hydrogen-bond donors (Lipinski definition) is 1. The summed E-state index contributed by atoms with van der Waals surface area (Å²) >= 11 is 7.45. The Morgan fingerprint density at radius 1 is 1.24 bits per heavy atom. The zero-order chi connectivity index (χ0) is 15.2. The van der Waals surface area contributed by atoms with E-state index in [0.717, 1.165) is 11.3 Å². The highest BCUT2D eigenvalue weighted by molar-refractivity contribution is 7.98. The number of halogens is 2. The summed E-state index contributed by atoms with van der Waals surface area (Å²) < 4.78 is 13.9. The van der Waals surface area contributed by atoms with Gasteiger partial charge in [0.2, 0.25) is 0 Å². The molecule has 1 N–H and O–H groups in total. The third-order valence-corrected chi connectivity index (χ3v) is 4.05. The van der Waals surface area contributed by atoms with Gasteiger partial charge in [-0.05, 0) is 37.6 Å². The molecule has 3 nitrogen and oxygen atoms in total. The van der Waals surface area contributed by atoms with Gasteiger partial charge in [-0.1, -0.05) is 18.5 Å². The van der Waals surface area contributed by atoms with Gasteiger partial charge in [0, 0.05) is 16.5 Å². The molecule has 0 bridgehead atoms. The molecule has 0 aliphatic heterocycles. The Balaban J connectivity index is 2.08. The molecule has 0 fully saturated rings. The minimum atomic E-state index is -0.372. The maximum atomic E-state index is 13.9. The minimum absolute atomic E-state index is 0.288. The molecule has 0 spiro atoms. The van der Waals surface area contributed by atoms with Crippen LogP contribution >= 0.6 is 23.4 Å². The lowest BCUT2D eigenvalue weighted by Crippen LogP contribution is -2.09. The minimum Gasteiger partial charge on any atom is -0.368 e. The number of benzene rings is 1. The van der Waals surface area contributed by atoms with Crippen molar-refractivity contribution in [2.24, 2.45) is 0 Å². The van der Waals surface area contributed by atoms with Crippen molar-refractivity contribution >= 4 is 29.2 Å². The molecule has 21 heavy (non-hydrogen) atoms. The van der Waals surface area contributed by atoms with Crippen molar-refractivity contribution in [1.82, 2.24) is 9.97 Å². The highest BCUT2D eigenvalue weighted by Gasteiger charge is 2.11. The van der Waals surface area contributed by atoms with Crippen LogP contribution in [-0.2, 0) is 5.75 Å². The Morgan fingerprint density at radius 3 is 2.62 bits per heavy atom. The quantitative estimate of drug-likeness (QED) is 0.782. The van der Waals surface area contributed by atoms with Gasteiger partial charge in [0.15, 0.2) is 11.6 Å². The maximum Gasteiger partial charge on any atom is 0.186 e. The van der Waals surface area contributed by atoms with E-state index >= 15 is 0 Å². The molecule has 0 unspecified atom stereocenters. The van der Waals surface area contributed by atoms with Crippen LogP contribution in [0.2, 0.25) is 5.02 Å². The second-order valence-corrected chi connectivity index (χ2v) is 6.04. The van der Waals surface area contributed by atoms with E-state index in [1.807, 2.05) is 31.2 Å². The number of nitrogens with zero attached hydrogens (tertiary/aromatic N) is 2. The molecule has 0 saturated carbocycles. The van der Waals surface area contributed by atoms with Crippen LogP contribution in [0.3, 0.4) is 0 Å². The first-order valence-corrected chi connectivity index (χ1v) is 8.11. The number of thioether (sulfide) groups is 1. The van der Waals surface area contributed by atoms with E-state index < -0.39 is 0 Å². The van der Waals surface area contributed by atoms with E-state index in [2.05, 4.69) is 15.3 Å². The van der Waals surface area contributed by atoms with Crippen molar-refractivity contribution in [2.75, 3.05) is 11.9 Å². The fourth-order valence-electron chi connectivity index (χ4n) is 1.72. The molecular weight excluding hydrogens is 309 g/mol. The van der Waals surface area contributed by atoms with E-state index in [1.165, 1.54) is 0 Å². The van der Waals surface area contributed by atoms with Gasteiger partial charge in [-0.3, -0.25) is 0 Å². The van der Waals surface area contributed by atoms with Crippen LogP contribution in [0, 0.1) is 12.7 Å². The molecule has 0 atom stereocenters. The molecule has 0 aliphatic rings. The smallest absolute Gasteiger partial charge is 0.186 e. The Morgan fingerprint density at radius 2 is 1.95 bits per heavy atom. The molecule has 112 valence electrons. The Labute approximate surface area is 133 Å². The fourth-order valence-corrected chi connectivity index (χ4v) is 2.60. The lowest BCUT2D eigenvalue weighted by atomic mass is 10.3. The van der Waals surface area contributed by atoms with E-state index in [4.69, 9.17) is 11.6 Å². The fraction of sp³-hybridized carbons (Fsp3) is 0.333. The molecule has 0 aliphatic carbocycles. The number of hydrogen-bond acceptors (Lipinski definition) is 4. The Kier molecular flexibility index (Phi) is 5.82. The molecule has 2 rings (SSSR count). The summed E-state index contributed by atoms with van der Waals surface area (Å²) in [6.45, 7) is 4.37. The predicted octanol–water partition coefficient (Wildman–Crippen LogP) is 4.69. The summed E-state index contributed by atoms with van der Waals surface area (Å²) in [5.41, 5.74) is 0.371. The van der Waals surface area contributed by atoms with E-state index in [0.29, 0.717) is 28.8 Å². The average molecular weight is 326 g/mol. The molecule has 0 radical (unpaired) electrons. The zero-order valence-electron chi connectivity index (χ0n) is 12.0. The van der Waals surface area contributed by atoms with Crippen molar-refractivity contribution in [1.29, 1.82) is 0 Å². The SMILES string of the molecule is CCCNc1nc(CSc2ccc(Cl)cc2)nc(C)c1F. The van der Waals surface area contributed by atoms with Crippen molar-refractivity contribution in [3.05, 3.63) is 46.6 Å². The van der Waals surface area contributed by atoms with Crippen LogP contribution in [-0.4, -0.2) is 16.5 Å². The van der Waals surface area contributed by atoms with Crippen molar-refractivity contribution in [2.45, 2.75) is 30.9 Å². The van der Waals surface area contributed by atoms with Gasteiger partial charge >= 0.3 is 0 Å². The van der Waals surface area contributed by atoms with Crippen molar-refractivity contribution in [3.8, 4) is 0 Å². The highest BCUT2D eigenvalue weighted by Crippen LogP contribution is 2.24. The third-order valence-electron chi connectivity index (χ3n) is 2.79. The van der Waals surface area contributed by atoms with E-state index in [-0.39, 0.29) is 11.6 Å². The Hall–Kier alpha value is -1.33. The molecule has 1 aromatic heterocycles. The van der Waals surface area contributed by atoms with Crippen LogP contribution in [0.15, 0.2) is 29.2 Å². The standard InChI is InChI=1S/C15H17ClFN3S/c1-3-8-18-15-14(17)10(2)19-13(20-15)9-21-12-6-4-11(16)5-7-12/h4-7H,3,8-9H2,1-2H3,(H,18,19,20). The Bertz CT molecular complexity index is 605. The lowest BCUT2D eigenvalue weighted by molar-refractivity contribution is 0.601. The molecule has 1 aromatic carbocycles. The lowest BCUT2D eigenvalue weighted by Gasteiger charge is -2.09. The molecular formula is C15H17ClFN3S. The normalized spacial score (nSPS) is 10.7. The first-order chi connectivity index (χ1) is 10.1. The summed E-state index contributed by atoms with van der Waals surface area (Å²) in [5.74, 6) is 1.12. The third kappa shape index (κ3) is 4.58. The van der Waals surface area contributed by atoms with Crippen molar-refractivity contribution < 1.29 is 4.39 Å². The topological polar surface area (TPSA) is 37.8 Å². The average Bonchev–Trinajstić information content (AvgIpc) is 2.48. The number of rotatable bonds is 6. The molecule has 1 heterocycles. The van der Waals surface area contributed by atoms with Crippen molar-refractivity contribution in [3.63, 3.8) is 0 Å². The van der Waals surface area contributed by atoms with E-state index in [1.54, 1.807) is 18.7 Å². The predicted molar refractivity (Wildman–Crippen MR) is 86.5 cm³/mol. The second kappa shape index (κ2) is 7.61. The van der Waals surface area contributed by atoms with Crippen LogP contribution < -0.4 is 5.32 Å². The second-order valence-electron chi connectivity index (χ2n) is 4.56. The van der Waals surface area contributed by atoms with Crippen LogP contribution in [0.5, 0.6) is 0 Å². The van der Waals surface area contributed by atoms with Gasteiger partial charge in [0.05, 0.1) is 11.4 Å². The number of aryl methyl sites for hydroxylation is 1. The van der Waals surface area contributed by atoms with Crippen LogP contribution in [0.4, 0.5) is 10.2 Å². The molecule has 0 amide bonds. The zero-order valence-corrected chi connectivity index (χ0v) is 13.6.